The molecule has 1 aliphatic rings. The van der Waals surface area contributed by atoms with Crippen LogP contribution in [0, 0.1) is 0 Å². The number of hydrogen-bond acceptors (Lipinski definition) is 6. The van der Waals surface area contributed by atoms with Crippen molar-refractivity contribution in [3.8, 4) is 5.75 Å². The summed E-state index contributed by atoms with van der Waals surface area (Å²) in [6, 6.07) is 4.34. The summed E-state index contributed by atoms with van der Waals surface area (Å²) >= 11 is 0. The summed E-state index contributed by atoms with van der Waals surface area (Å²) in [5.74, 6) is 1.61. The zero-order valence-electron chi connectivity index (χ0n) is 18.3. The lowest BCUT2D eigenvalue weighted by Gasteiger charge is -2.33. The monoisotopic (exact) mass is 405 g/mol. The Balaban J connectivity index is 1.64. The number of anilines is 1. The standard InChI is InChI=1S/C23H39N3O3/c1-3-5-6-7-8-9-17-29-21-12-13-22(24-18-21)25-20-11-10-15-26(19-20)16-14-23(27)28-4-2/h12-13,18,20H,3-11,14-17,19H2,1-2H3,(H,24,25). The molecule has 29 heavy (non-hydrogen) atoms. The first kappa shape index (κ1) is 23.5. The first-order valence-electron chi connectivity index (χ1n) is 11.4. The number of carbonyl (C=O) groups is 1. The van der Waals surface area contributed by atoms with Crippen LogP contribution in [0.2, 0.25) is 0 Å². The van der Waals surface area contributed by atoms with Crippen LogP contribution >= 0.6 is 0 Å². The maximum Gasteiger partial charge on any atom is 0.307 e. The van der Waals surface area contributed by atoms with Gasteiger partial charge in [-0.3, -0.25) is 4.79 Å². The summed E-state index contributed by atoms with van der Waals surface area (Å²) in [7, 11) is 0. The Morgan fingerprint density at radius 3 is 2.79 bits per heavy atom. The van der Waals surface area contributed by atoms with Gasteiger partial charge in [-0.2, -0.15) is 0 Å². The molecule has 0 amide bonds. The first-order valence-corrected chi connectivity index (χ1v) is 11.4. The fourth-order valence-electron chi connectivity index (χ4n) is 3.69. The Hall–Kier alpha value is -1.82. The van der Waals surface area contributed by atoms with E-state index < -0.39 is 0 Å². The molecule has 0 spiro atoms. The molecule has 6 nitrogen and oxygen atoms in total. The maximum atomic E-state index is 11.6. The number of pyridine rings is 1. The number of likely N-dealkylation sites (tertiary alicyclic amines) is 1. The van der Waals surface area contributed by atoms with Gasteiger partial charge in [0.1, 0.15) is 11.6 Å². The lowest BCUT2D eigenvalue weighted by Crippen LogP contribution is -2.43. The highest BCUT2D eigenvalue weighted by Crippen LogP contribution is 2.18. The van der Waals surface area contributed by atoms with Crippen molar-refractivity contribution in [2.45, 2.75) is 77.7 Å². The van der Waals surface area contributed by atoms with Crippen molar-refractivity contribution >= 4 is 11.8 Å². The predicted octanol–water partition coefficient (Wildman–Crippen LogP) is 4.65. The number of esters is 1. The van der Waals surface area contributed by atoms with Crippen LogP contribution < -0.4 is 10.1 Å². The molecule has 0 aliphatic carbocycles. The minimum absolute atomic E-state index is 0.110. The Morgan fingerprint density at radius 1 is 1.21 bits per heavy atom. The lowest BCUT2D eigenvalue weighted by atomic mass is 10.1. The normalized spacial score (nSPS) is 17.1. The summed E-state index contributed by atoms with van der Waals surface area (Å²) in [4.78, 5) is 18.4. The average Bonchev–Trinajstić information content (AvgIpc) is 2.73. The van der Waals surface area contributed by atoms with Gasteiger partial charge < -0.3 is 19.7 Å². The molecular formula is C23H39N3O3. The molecule has 1 saturated heterocycles. The van der Waals surface area contributed by atoms with E-state index in [1.54, 1.807) is 6.20 Å². The second-order valence-electron chi connectivity index (χ2n) is 7.83. The summed E-state index contributed by atoms with van der Waals surface area (Å²) in [5.41, 5.74) is 0. The predicted molar refractivity (Wildman–Crippen MR) is 117 cm³/mol. The van der Waals surface area contributed by atoms with Crippen molar-refractivity contribution < 1.29 is 14.3 Å². The van der Waals surface area contributed by atoms with E-state index in [1.165, 1.54) is 32.1 Å². The lowest BCUT2D eigenvalue weighted by molar-refractivity contribution is -0.143. The minimum Gasteiger partial charge on any atom is -0.492 e. The molecule has 6 heteroatoms. The van der Waals surface area contributed by atoms with E-state index in [1.807, 2.05) is 19.1 Å². The number of carbonyl (C=O) groups excluding carboxylic acids is 1. The van der Waals surface area contributed by atoms with Crippen LogP contribution in [0.3, 0.4) is 0 Å². The first-order chi connectivity index (χ1) is 14.2. The number of unbranched alkanes of at least 4 members (excludes halogenated alkanes) is 5. The SMILES string of the molecule is CCCCCCCCOc1ccc(NC2CCCN(CCC(=O)OCC)C2)nc1. The number of ether oxygens (including phenoxy) is 2. The third-order valence-electron chi connectivity index (χ3n) is 5.30. The van der Waals surface area contributed by atoms with Gasteiger partial charge in [-0.15, -0.1) is 0 Å². The molecule has 0 aromatic carbocycles. The Morgan fingerprint density at radius 2 is 2.03 bits per heavy atom. The molecule has 1 aromatic rings. The van der Waals surface area contributed by atoms with E-state index in [0.717, 1.165) is 57.1 Å². The summed E-state index contributed by atoms with van der Waals surface area (Å²) in [5, 5.41) is 3.52. The van der Waals surface area contributed by atoms with Crippen molar-refractivity contribution in [2.75, 3.05) is 38.2 Å². The fourth-order valence-corrected chi connectivity index (χ4v) is 3.69. The largest absolute Gasteiger partial charge is 0.492 e. The van der Waals surface area contributed by atoms with E-state index >= 15 is 0 Å². The molecule has 1 aromatic heterocycles. The van der Waals surface area contributed by atoms with Gasteiger partial charge in [0.05, 0.1) is 25.8 Å². The second kappa shape index (κ2) is 14.2. The van der Waals surface area contributed by atoms with Gasteiger partial charge in [-0.05, 0) is 44.9 Å². The number of nitrogens with one attached hydrogen (secondary N) is 1. The molecule has 1 aliphatic heterocycles. The molecule has 2 heterocycles. The van der Waals surface area contributed by atoms with Crippen molar-refractivity contribution in [2.24, 2.45) is 0 Å². The smallest absolute Gasteiger partial charge is 0.307 e. The van der Waals surface area contributed by atoms with Crippen LogP contribution in [0.1, 0.15) is 71.6 Å². The van der Waals surface area contributed by atoms with Crippen LogP contribution in [0.15, 0.2) is 18.3 Å². The number of aromatic nitrogens is 1. The number of hydrogen-bond donors (Lipinski definition) is 1. The molecular weight excluding hydrogens is 366 g/mol. The molecule has 0 saturated carbocycles. The van der Waals surface area contributed by atoms with E-state index in [0.29, 0.717) is 19.1 Å². The minimum atomic E-state index is -0.110. The second-order valence-corrected chi connectivity index (χ2v) is 7.83. The molecule has 2 rings (SSSR count). The Labute approximate surface area is 176 Å². The van der Waals surface area contributed by atoms with Crippen molar-refractivity contribution in [1.82, 2.24) is 9.88 Å². The maximum absolute atomic E-state index is 11.6. The third-order valence-corrected chi connectivity index (χ3v) is 5.30. The van der Waals surface area contributed by atoms with E-state index in [9.17, 15) is 4.79 Å². The number of piperidine rings is 1. The van der Waals surface area contributed by atoms with Crippen molar-refractivity contribution in [3.63, 3.8) is 0 Å². The number of nitrogens with zero attached hydrogens (tertiary/aromatic N) is 2. The van der Waals surface area contributed by atoms with Gasteiger partial charge in [0.15, 0.2) is 0 Å². The zero-order chi connectivity index (χ0) is 20.7. The topological polar surface area (TPSA) is 63.7 Å². The van der Waals surface area contributed by atoms with Gasteiger partial charge in [0.2, 0.25) is 0 Å². The third kappa shape index (κ3) is 9.97. The van der Waals surface area contributed by atoms with Crippen LogP contribution in [0.4, 0.5) is 5.82 Å². The number of rotatable bonds is 14. The van der Waals surface area contributed by atoms with Gasteiger partial charge in [0, 0.05) is 19.1 Å². The average molecular weight is 406 g/mol. The van der Waals surface area contributed by atoms with E-state index in [2.05, 4.69) is 22.1 Å². The van der Waals surface area contributed by atoms with Crippen molar-refractivity contribution in [3.05, 3.63) is 18.3 Å². The fraction of sp³-hybridized carbons (Fsp3) is 0.739. The van der Waals surface area contributed by atoms with Crippen LogP contribution in [0.25, 0.3) is 0 Å². The van der Waals surface area contributed by atoms with Gasteiger partial charge in [0.25, 0.3) is 0 Å². The zero-order valence-corrected chi connectivity index (χ0v) is 18.3. The van der Waals surface area contributed by atoms with Gasteiger partial charge >= 0.3 is 5.97 Å². The summed E-state index contributed by atoms with van der Waals surface area (Å²) in [6.07, 6.45) is 12.1. The molecule has 1 fully saturated rings. The highest BCUT2D eigenvalue weighted by molar-refractivity contribution is 5.69. The molecule has 1 N–H and O–H groups in total. The van der Waals surface area contributed by atoms with Gasteiger partial charge in [-0.1, -0.05) is 39.0 Å². The molecule has 1 atom stereocenters. The van der Waals surface area contributed by atoms with Gasteiger partial charge in [-0.25, -0.2) is 4.98 Å². The molecule has 164 valence electrons. The Bertz CT molecular complexity index is 565. The molecule has 1 unspecified atom stereocenters. The van der Waals surface area contributed by atoms with E-state index in [4.69, 9.17) is 9.47 Å². The van der Waals surface area contributed by atoms with Crippen LogP contribution in [0.5, 0.6) is 5.75 Å². The van der Waals surface area contributed by atoms with E-state index in [-0.39, 0.29) is 5.97 Å². The highest BCUT2D eigenvalue weighted by atomic mass is 16.5. The summed E-state index contributed by atoms with van der Waals surface area (Å²) < 4.78 is 10.8. The summed E-state index contributed by atoms with van der Waals surface area (Å²) in [6.45, 7) is 8.02. The highest BCUT2D eigenvalue weighted by Gasteiger charge is 2.20. The molecule has 0 radical (unpaired) electrons. The quantitative estimate of drug-likeness (QED) is 0.359. The Kier molecular flexibility index (Phi) is 11.5. The van der Waals surface area contributed by atoms with Crippen LogP contribution in [-0.2, 0) is 9.53 Å². The molecule has 0 bridgehead atoms. The van der Waals surface area contributed by atoms with Crippen molar-refractivity contribution in [1.29, 1.82) is 0 Å². The van der Waals surface area contributed by atoms with Crippen LogP contribution in [-0.4, -0.2) is 54.7 Å².